The van der Waals surface area contributed by atoms with Gasteiger partial charge in [0.25, 0.3) is 0 Å². The first-order chi connectivity index (χ1) is 14.3. The second kappa shape index (κ2) is 10.7. The van der Waals surface area contributed by atoms with Gasteiger partial charge in [0.1, 0.15) is 23.2 Å². The molecule has 0 saturated heterocycles. The molecule has 3 aromatic carbocycles. The monoisotopic (exact) mass is 431 g/mol. The Morgan fingerprint density at radius 3 is 1.46 bits per heavy atom. The molecule has 3 aromatic rings. The van der Waals surface area contributed by atoms with E-state index < -0.39 is 20.5 Å². The van der Waals surface area contributed by atoms with Gasteiger partial charge in [-0.15, -0.1) is 0 Å². The Bertz CT molecular complexity index is 818. The molecule has 0 saturated carbocycles. The van der Waals surface area contributed by atoms with Crippen molar-refractivity contribution in [2.45, 2.75) is 32.5 Å². The van der Waals surface area contributed by atoms with E-state index in [0.29, 0.717) is 6.42 Å². The molecule has 0 nitrogen and oxygen atoms in total. The molecule has 0 unspecified atom stereocenters. The highest BCUT2D eigenvalue weighted by Gasteiger charge is 2.44. The molecule has 26 heavy (non-hydrogen) atoms. The number of rotatable bonds is 8. The van der Waals surface area contributed by atoms with Crippen LogP contribution in [0.25, 0.3) is 0 Å². The molecule has 0 atom stereocenters. The highest BCUT2D eigenvalue weighted by molar-refractivity contribution is 7.95. The molecule has 0 fully saturated rings. The van der Waals surface area contributed by atoms with Crippen LogP contribution in [0.1, 0.15) is 39.3 Å². The Balaban J connectivity index is 0.00000341. The van der Waals surface area contributed by atoms with Crippen LogP contribution < -0.4 is 32.9 Å². The van der Waals surface area contributed by atoms with Crippen molar-refractivity contribution >= 4 is 23.2 Å². The highest BCUT2D eigenvalue weighted by Crippen LogP contribution is 2.55. The van der Waals surface area contributed by atoms with Gasteiger partial charge >= 0.3 is 0 Å². The maximum atomic E-state index is 7.92. The molecule has 2 heteroatoms. The van der Waals surface area contributed by atoms with Crippen molar-refractivity contribution in [2.24, 2.45) is 0 Å². The van der Waals surface area contributed by atoms with Gasteiger partial charge in [-0.3, -0.25) is 0 Å². The summed E-state index contributed by atoms with van der Waals surface area (Å²) in [6, 6.07) is 31.7. The molecule has 136 valence electrons. The predicted molar refractivity (Wildman–Crippen MR) is 114 cm³/mol. The minimum atomic E-state index is -2.59. The van der Waals surface area contributed by atoms with Gasteiger partial charge in [0, 0.05) is 6.85 Å². The Morgan fingerprint density at radius 2 is 1.08 bits per heavy atom. The Hall–Kier alpha value is -1.43. The third-order valence-corrected chi connectivity index (χ3v) is 9.16. The van der Waals surface area contributed by atoms with E-state index in [1.165, 1.54) is 15.9 Å². The second-order valence-corrected chi connectivity index (χ2v) is 9.79. The second-order valence-electron chi connectivity index (χ2n) is 6.17. The fourth-order valence-corrected chi connectivity index (χ4v) is 7.85. The number of hydrogen-bond donors (Lipinski definition) is 0. The zero-order valence-electron chi connectivity index (χ0n) is 19.8. The summed E-state index contributed by atoms with van der Waals surface area (Å²) in [5.74, 6) is 0. The topological polar surface area (TPSA) is 0 Å². The quantitative estimate of drug-likeness (QED) is 0.379. The van der Waals surface area contributed by atoms with Gasteiger partial charge in [-0.1, -0.05) is 74.2 Å². The highest BCUT2D eigenvalue weighted by atomic mass is 79.9. The van der Waals surface area contributed by atoms with Crippen LogP contribution in [0.5, 0.6) is 0 Å². The van der Waals surface area contributed by atoms with Gasteiger partial charge in [-0.25, -0.2) is 0 Å². The van der Waals surface area contributed by atoms with E-state index in [1.54, 1.807) is 0 Å². The summed E-state index contributed by atoms with van der Waals surface area (Å²) in [5, 5.41) is 3.88. The van der Waals surface area contributed by atoms with Crippen LogP contribution >= 0.6 is 7.26 Å². The Morgan fingerprint density at radius 1 is 0.654 bits per heavy atom. The number of hydrogen-bond acceptors (Lipinski definition) is 0. The molecule has 0 bridgehead atoms. The van der Waals surface area contributed by atoms with Crippen LogP contribution in [0, 0.1) is 0 Å². The Labute approximate surface area is 176 Å². The van der Waals surface area contributed by atoms with Gasteiger partial charge in [0.05, 0.1) is 6.16 Å². The van der Waals surface area contributed by atoms with E-state index >= 15 is 0 Å². The third kappa shape index (κ3) is 4.64. The van der Waals surface area contributed by atoms with Crippen LogP contribution in [-0.4, -0.2) is 6.16 Å². The molecule has 0 spiro atoms. The summed E-state index contributed by atoms with van der Waals surface area (Å²) in [4.78, 5) is 0. The van der Waals surface area contributed by atoms with Crippen LogP contribution in [0.15, 0.2) is 91.0 Å². The van der Waals surface area contributed by atoms with E-state index in [9.17, 15) is 0 Å². The van der Waals surface area contributed by atoms with Gasteiger partial charge in [-0.2, -0.15) is 0 Å². The molecule has 3 rings (SSSR count). The van der Waals surface area contributed by atoms with E-state index in [0.717, 1.165) is 12.6 Å². The molecule has 0 aliphatic heterocycles. The molecule has 0 aromatic heterocycles. The lowest BCUT2D eigenvalue weighted by Crippen LogP contribution is -3.00. The lowest BCUT2D eigenvalue weighted by molar-refractivity contribution is -0.00000499. The fourth-order valence-electron chi connectivity index (χ4n) is 3.44. The zero-order chi connectivity index (χ0) is 21.7. The van der Waals surface area contributed by atoms with Crippen molar-refractivity contribution < 1.29 is 23.8 Å². The van der Waals surface area contributed by atoms with E-state index in [1.807, 2.05) is 18.2 Å². The van der Waals surface area contributed by atoms with Crippen molar-refractivity contribution in [2.75, 3.05) is 6.16 Å². The number of unbranched alkanes of at least 4 members (excludes halogenated alkanes) is 1. The van der Waals surface area contributed by atoms with Crippen LogP contribution in [0.4, 0.5) is 0 Å². The summed E-state index contributed by atoms with van der Waals surface area (Å²) in [6.45, 7) is -2.59. The maximum Gasteiger partial charge on any atom is 0.112 e. The summed E-state index contributed by atoms with van der Waals surface area (Å²) < 4.78 is 38.2. The number of benzene rings is 3. The minimum Gasteiger partial charge on any atom is -1.00 e. The van der Waals surface area contributed by atoms with E-state index in [-0.39, 0.29) is 23.4 Å². The average Bonchev–Trinajstić information content (AvgIpc) is 2.75. The smallest absolute Gasteiger partial charge is 0.112 e. The third-order valence-electron chi connectivity index (χ3n) is 4.64. The van der Waals surface area contributed by atoms with Gasteiger partial charge in [0.2, 0.25) is 0 Å². The largest absolute Gasteiger partial charge is 1.00 e. The minimum absolute atomic E-state index is 0. The first-order valence-electron chi connectivity index (χ1n) is 11.3. The fraction of sp³-hybridized carbons (Fsp3) is 0.250. The predicted octanol–water partition coefficient (Wildman–Crippen LogP) is 2.56. The first-order valence-corrected chi connectivity index (χ1v) is 10.8. The average molecular weight is 432 g/mol. The van der Waals surface area contributed by atoms with Crippen LogP contribution in [0.2, 0.25) is 0 Å². The molecule has 0 N–H and O–H groups in total. The van der Waals surface area contributed by atoms with Gasteiger partial charge in [-0.05, 0) is 49.2 Å². The summed E-state index contributed by atoms with van der Waals surface area (Å²) >= 11 is 0. The van der Waals surface area contributed by atoms with Crippen molar-refractivity contribution in [3.05, 3.63) is 91.0 Å². The van der Waals surface area contributed by atoms with Gasteiger partial charge in [0.15, 0.2) is 0 Å². The van der Waals surface area contributed by atoms with E-state index in [2.05, 4.69) is 72.8 Å². The summed E-state index contributed by atoms with van der Waals surface area (Å²) in [7, 11) is -1.94. The van der Waals surface area contributed by atoms with Crippen LogP contribution in [-0.2, 0) is 0 Å². The van der Waals surface area contributed by atoms with Crippen molar-refractivity contribution in [1.29, 1.82) is 0 Å². The molecular weight excluding hydrogens is 399 g/mol. The standard InChI is InChI=1S/C24H28P.BrH/c1-2-3-4-14-21-25(22-15-8-5-9-16-22,23-17-10-6-11-18-23)24-19-12-7-13-20-24;/h5-13,15-20H,2-4,14,21H2,1H3;1H/q+1;/p-1/i1D3,2D2;. The van der Waals surface area contributed by atoms with Gasteiger partial charge < -0.3 is 17.0 Å². The maximum absolute atomic E-state index is 7.92. The molecule has 0 radical (unpaired) electrons. The molecule has 0 amide bonds. The molecule has 0 aliphatic carbocycles. The number of halogens is 1. The first kappa shape index (κ1) is 14.6. The molecular formula is C24H28BrP. The SMILES string of the molecule is [2H]C([2H])([2H])C([2H])([2H])CCCC[P+](c1ccccc1)(c1ccccc1)c1ccccc1.[Br-]. The Kier molecular flexibility index (Phi) is 5.99. The van der Waals surface area contributed by atoms with Crippen LogP contribution in [0.3, 0.4) is 0 Å². The summed E-state index contributed by atoms with van der Waals surface area (Å²) in [6.07, 6.45) is 0.0754. The summed E-state index contributed by atoms with van der Waals surface area (Å²) in [5.41, 5.74) is 0. The lowest BCUT2D eigenvalue weighted by atomic mass is 10.2. The zero-order valence-corrected chi connectivity index (χ0v) is 17.3. The van der Waals surface area contributed by atoms with Crippen molar-refractivity contribution in [3.8, 4) is 0 Å². The normalized spacial score (nSPS) is 14.8. The van der Waals surface area contributed by atoms with Crippen molar-refractivity contribution in [3.63, 3.8) is 0 Å². The molecule has 0 aliphatic rings. The molecule has 0 heterocycles. The van der Waals surface area contributed by atoms with E-state index in [4.69, 9.17) is 6.85 Å². The lowest BCUT2D eigenvalue weighted by Gasteiger charge is -2.27. The van der Waals surface area contributed by atoms with Crippen molar-refractivity contribution in [1.82, 2.24) is 0 Å².